The number of carbonyl (C=O) groups excluding carboxylic acids is 1. The molecule has 0 aliphatic carbocycles. The maximum atomic E-state index is 13.6. The number of fused-ring (bicyclic) bond motifs is 1. The van der Waals surface area contributed by atoms with Crippen LogP contribution in [0.1, 0.15) is 35.6 Å². The van der Waals surface area contributed by atoms with Gasteiger partial charge in [0.15, 0.2) is 0 Å². The third kappa shape index (κ3) is 6.31. The van der Waals surface area contributed by atoms with E-state index >= 15 is 0 Å². The van der Waals surface area contributed by atoms with Crippen LogP contribution in [0.15, 0.2) is 63.3 Å². The first-order valence-electron chi connectivity index (χ1n) is 12.4. The van der Waals surface area contributed by atoms with Crippen LogP contribution in [-0.4, -0.2) is 22.1 Å². The predicted octanol–water partition coefficient (Wildman–Crippen LogP) is 7.34. The van der Waals surface area contributed by atoms with Gasteiger partial charge in [-0.3, -0.25) is 4.79 Å². The fourth-order valence-electron chi connectivity index (χ4n) is 4.45. The van der Waals surface area contributed by atoms with Crippen molar-refractivity contribution in [2.24, 2.45) is 0 Å². The summed E-state index contributed by atoms with van der Waals surface area (Å²) >= 11 is 6.23. The molecule has 4 aromatic rings. The van der Waals surface area contributed by atoms with Gasteiger partial charge in [0.05, 0.1) is 23.2 Å². The van der Waals surface area contributed by atoms with E-state index in [1.807, 2.05) is 5.32 Å². The Hall–Kier alpha value is -4.64. The molecule has 3 N–H and O–H groups in total. The van der Waals surface area contributed by atoms with E-state index in [2.05, 4.69) is 0 Å². The van der Waals surface area contributed by atoms with Crippen molar-refractivity contribution in [2.45, 2.75) is 32.9 Å². The van der Waals surface area contributed by atoms with Crippen LogP contribution in [0.3, 0.4) is 0 Å². The molecule has 218 valence electrons. The van der Waals surface area contributed by atoms with Gasteiger partial charge in [0.1, 0.15) is 17.1 Å². The number of nitrogens with one attached hydrogen (secondary N) is 1. The molecule has 4 rings (SSSR count). The van der Waals surface area contributed by atoms with Gasteiger partial charge < -0.3 is 19.9 Å². The second-order valence-corrected chi connectivity index (χ2v) is 9.77. The Labute approximate surface area is 240 Å². The predicted molar refractivity (Wildman–Crippen MR) is 149 cm³/mol. The summed E-state index contributed by atoms with van der Waals surface area (Å²) in [6.45, 7) is 3.37. The van der Waals surface area contributed by atoms with E-state index in [-0.39, 0.29) is 34.8 Å². The normalized spacial score (nSPS) is 12.0. The second-order valence-electron chi connectivity index (χ2n) is 9.36. The van der Waals surface area contributed by atoms with Gasteiger partial charge in [-0.1, -0.05) is 36.7 Å². The van der Waals surface area contributed by atoms with Crippen LogP contribution in [0.5, 0.6) is 5.75 Å². The zero-order valence-corrected chi connectivity index (χ0v) is 22.8. The molecular formula is C30H22ClF4NO6. The number of aryl methyl sites for hydroxylation is 1. The Bertz CT molecular complexity index is 1830. The van der Waals surface area contributed by atoms with Crippen molar-refractivity contribution in [1.82, 2.24) is 0 Å². The largest absolute Gasteiger partial charge is 0.506 e. The number of aromatic hydroxyl groups is 1. The van der Waals surface area contributed by atoms with E-state index in [4.69, 9.17) is 16.0 Å². The van der Waals surface area contributed by atoms with E-state index in [0.29, 0.717) is 33.2 Å². The molecule has 0 unspecified atom stereocenters. The molecule has 1 amide bonds. The number of amides is 1. The molecule has 0 bridgehead atoms. The molecule has 0 aliphatic heterocycles. The second kappa shape index (κ2) is 11.7. The zero-order chi connectivity index (χ0) is 30.9. The van der Waals surface area contributed by atoms with Crippen molar-refractivity contribution in [2.75, 3.05) is 5.32 Å². The number of alkyl halides is 3. The van der Waals surface area contributed by atoms with Crippen LogP contribution in [0, 0.1) is 12.7 Å². The van der Waals surface area contributed by atoms with E-state index in [9.17, 15) is 42.2 Å². The number of phenols is 1. The zero-order valence-electron chi connectivity index (χ0n) is 22.0. The molecule has 0 spiro atoms. The summed E-state index contributed by atoms with van der Waals surface area (Å²) in [7, 11) is 0. The van der Waals surface area contributed by atoms with Gasteiger partial charge in [-0.2, -0.15) is 13.2 Å². The number of aliphatic carboxylic acids is 1. The maximum absolute atomic E-state index is 13.6. The fourth-order valence-corrected chi connectivity index (χ4v) is 4.60. The number of anilines is 1. The molecule has 1 aromatic heterocycles. The van der Waals surface area contributed by atoms with Crippen molar-refractivity contribution in [3.8, 4) is 16.9 Å². The van der Waals surface area contributed by atoms with Crippen LogP contribution < -0.4 is 10.9 Å². The summed E-state index contributed by atoms with van der Waals surface area (Å²) in [6, 6.07) is 10.0. The van der Waals surface area contributed by atoms with Gasteiger partial charge >= 0.3 is 17.8 Å². The number of halogens is 5. The lowest BCUT2D eigenvalue weighted by molar-refractivity contribution is -0.137. The van der Waals surface area contributed by atoms with E-state index in [1.54, 1.807) is 44.2 Å². The number of rotatable bonds is 7. The number of carbonyl (C=O) groups is 2. The Balaban J connectivity index is 1.89. The number of carboxylic acids is 1. The van der Waals surface area contributed by atoms with Gasteiger partial charge in [0.25, 0.3) is 0 Å². The minimum absolute atomic E-state index is 0.0750. The summed E-state index contributed by atoms with van der Waals surface area (Å²) in [4.78, 5) is 37.8. The lowest BCUT2D eigenvalue weighted by atomic mass is 9.93. The first-order chi connectivity index (χ1) is 19.7. The molecule has 0 aliphatic rings. The lowest BCUT2D eigenvalue weighted by Gasteiger charge is -2.17. The maximum Gasteiger partial charge on any atom is 0.418 e. The molecule has 1 heterocycles. The number of carboxylic acid groups (broad SMARTS) is 1. The number of hydrogen-bond acceptors (Lipinski definition) is 5. The van der Waals surface area contributed by atoms with Crippen LogP contribution >= 0.6 is 11.6 Å². The van der Waals surface area contributed by atoms with Crippen molar-refractivity contribution in [3.05, 3.63) is 97.6 Å². The lowest BCUT2D eigenvalue weighted by Crippen LogP contribution is -2.22. The summed E-state index contributed by atoms with van der Waals surface area (Å²) in [5, 5.41) is 22.0. The molecule has 0 fully saturated rings. The van der Waals surface area contributed by atoms with Crippen LogP contribution in [-0.2, 0) is 22.2 Å². The Morgan fingerprint density at radius 1 is 1.12 bits per heavy atom. The first-order valence-corrected chi connectivity index (χ1v) is 12.8. The highest BCUT2D eigenvalue weighted by molar-refractivity contribution is 6.32. The Morgan fingerprint density at radius 2 is 1.83 bits per heavy atom. The fraction of sp³-hybridized carbons (Fsp3) is 0.167. The van der Waals surface area contributed by atoms with Crippen molar-refractivity contribution in [1.29, 1.82) is 0 Å². The Kier molecular flexibility index (Phi) is 8.44. The molecule has 0 saturated heterocycles. The van der Waals surface area contributed by atoms with E-state index < -0.39 is 52.9 Å². The number of hydrogen-bond donors (Lipinski definition) is 3. The summed E-state index contributed by atoms with van der Waals surface area (Å²) in [6.07, 6.45) is -4.23. The van der Waals surface area contributed by atoms with Crippen molar-refractivity contribution < 1.29 is 41.8 Å². The van der Waals surface area contributed by atoms with Gasteiger partial charge in [-0.15, -0.1) is 0 Å². The monoisotopic (exact) mass is 603 g/mol. The summed E-state index contributed by atoms with van der Waals surface area (Å²) in [5.41, 5.74) is -2.05. The minimum atomic E-state index is -5.12. The van der Waals surface area contributed by atoms with Crippen LogP contribution in [0.2, 0.25) is 5.02 Å². The highest BCUT2D eigenvalue weighted by Crippen LogP contribution is 2.40. The van der Waals surface area contributed by atoms with Crippen molar-refractivity contribution in [3.63, 3.8) is 0 Å². The standard InChI is InChI=1S/C30H22ClF4NO6/c1-3-16(28(39)40)8-15-5-4-6-17(9-15)26-19-7-14(2)22(31)13-24(19)42-29(41)20(26)12-25(38)36-27-21(30(33,34)35)10-18(32)11-23(27)37/h4-11,13,37H,3,12H2,1-2H3,(H,36,38)(H,39,40). The molecule has 3 aromatic carbocycles. The quantitative estimate of drug-likeness (QED) is 0.0880. The van der Waals surface area contributed by atoms with E-state index in [1.165, 1.54) is 12.1 Å². The van der Waals surface area contributed by atoms with Crippen molar-refractivity contribution >= 4 is 46.2 Å². The molecule has 42 heavy (non-hydrogen) atoms. The SMILES string of the molecule is CCC(=Cc1cccc(-c2c(CC(=O)Nc3c(O)cc(F)cc3C(F)(F)F)c(=O)oc3cc(Cl)c(C)cc23)c1)C(=O)O. The number of phenolic OH excluding ortho intramolecular Hbond substituents is 1. The van der Waals surface area contributed by atoms with E-state index in [0.717, 1.165) is 0 Å². The third-order valence-corrected chi connectivity index (χ3v) is 6.85. The molecule has 0 atom stereocenters. The average molecular weight is 604 g/mol. The summed E-state index contributed by atoms with van der Waals surface area (Å²) in [5.74, 6) is -4.77. The molecular weight excluding hydrogens is 582 g/mol. The van der Waals surface area contributed by atoms with Gasteiger partial charge in [-0.05, 0) is 54.3 Å². The number of benzene rings is 3. The smallest absolute Gasteiger partial charge is 0.418 e. The molecule has 0 radical (unpaired) electrons. The summed E-state index contributed by atoms with van der Waals surface area (Å²) < 4.78 is 59.7. The molecule has 0 saturated carbocycles. The van der Waals surface area contributed by atoms with Crippen LogP contribution in [0.25, 0.3) is 28.2 Å². The average Bonchev–Trinajstić information content (AvgIpc) is 2.89. The highest BCUT2D eigenvalue weighted by Gasteiger charge is 2.36. The van der Waals surface area contributed by atoms with Gasteiger partial charge in [0.2, 0.25) is 5.91 Å². The molecule has 7 nitrogen and oxygen atoms in total. The highest BCUT2D eigenvalue weighted by atomic mass is 35.5. The molecule has 12 heteroatoms. The third-order valence-electron chi connectivity index (χ3n) is 6.44. The minimum Gasteiger partial charge on any atom is -0.506 e. The topological polar surface area (TPSA) is 117 Å². The van der Waals surface area contributed by atoms with Crippen LogP contribution in [0.4, 0.5) is 23.2 Å². The van der Waals surface area contributed by atoms with Gasteiger partial charge in [-0.25, -0.2) is 14.0 Å². The van der Waals surface area contributed by atoms with Gasteiger partial charge in [0, 0.05) is 33.7 Å². The first kappa shape index (κ1) is 30.3. The Morgan fingerprint density at radius 3 is 2.48 bits per heavy atom.